The Morgan fingerprint density at radius 2 is 1.81 bits per heavy atom. The lowest BCUT2D eigenvalue weighted by Gasteiger charge is -2.26. The number of methoxy groups -OCH3 is 2. The standard InChI is InChI=1S/C22H27NO4/c1-4-13-27-17-20(24)16-23(14-18-9-6-5-7-10-18)15-19-11-8-12-21(25-2)22(19)26-3/h1,5-12,20,24H,13-17H2,2-3H3/t20-/m1/s1. The van der Waals surface area contributed by atoms with Crippen LogP contribution in [-0.2, 0) is 17.8 Å². The zero-order valence-corrected chi connectivity index (χ0v) is 15.9. The largest absolute Gasteiger partial charge is 0.493 e. The summed E-state index contributed by atoms with van der Waals surface area (Å²) in [5, 5.41) is 10.3. The van der Waals surface area contributed by atoms with E-state index in [2.05, 4.69) is 23.0 Å². The first-order chi connectivity index (χ1) is 13.2. The highest BCUT2D eigenvalue weighted by molar-refractivity contribution is 5.46. The lowest BCUT2D eigenvalue weighted by Crippen LogP contribution is -2.34. The molecule has 0 saturated heterocycles. The lowest BCUT2D eigenvalue weighted by molar-refractivity contribution is 0.0242. The molecular formula is C22H27NO4. The van der Waals surface area contributed by atoms with Gasteiger partial charge in [0, 0.05) is 25.2 Å². The first kappa shape index (κ1) is 20.8. The molecule has 0 saturated carbocycles. The second-order valence-corrected chi connectivity index (χ2v) is 6.18. The average molecular weight is 369 g/mol. The predicted molar refractivity (Wildman–Crippen MR) is 106 cm³/mol. The number of aliphatic hydroxyl groups is 1. The van der Waals surface area contributed by atoms with E-state index in [1.807, 2.05) is 36.4 Å². The maximum absolute atomic E-state index is 10.3. The van der Waals surface area contributed by atoms with Gasteiger partial charge in [-0.1, -0.05) is 48.4 Å². The molecule has 0 fully saturated rings. The van der Waals surface area contributed by atoms with Gasteiger partial charge in [-0.05, 0) is 11.6 Å². The van der Waals surface area contributed by atoms with Crippen LogP contribution in [-0.4, -0.2) is 50.1 Å². The Balaban J connectivity index is 2.15. The predicted octanol–water partition coefficient (Wildman–Crippen LogP) is 2.72. The minimum Gasteiger partial charge on any atom is -0.493 e. The maximum Gasteiger partial charge on any atom is 0.165 e. The molecule has 0 aromatic heterocycles. The molecule has 2 rings (SSSR count). The number of aliphatic hydroxyl groups excluding tert-OH is 1. The molecule has 2 aromatic rings. The monoisotopic (exact) mass is 369 g/mol. The summed E-state index contributed by atoms with van der Waals surface area (Å²) >= 11 is 0. The van der Waals surface area contributed by atoms with Crippen molar-refractivity contribution < 1.29 is 19.3 Å². The second kappa shape index (κ2) is 11.2. The van der Waals surface area contributed by atoms with E-state index in [9.17, 15) is 5.11 Å². The maximum atomic E-state index is 10.3. The normalized spacial score (nSPS) is 11.8. The molecule has 5 heteroatoms. The zero-order valence-electron chi connectivity index (χ0n) is 15.9. The van der Waals surface area contributed by atoms with Crippen molar-refractivity contribution >= 4 is 0 Å². The third kappa shape index (κ3) is 6.61. The van der Waals surface area contributed by atoms with Gasteiger partial charge in [0.05, 0.1) is 26.9 Å². The van der Waals surface area contributed by atoms with Crippen LogP contribution < -0.4 is 9.47 Å². The molecule has 5 nitrogen and oxygen atoms in total. The van der Waals surface area contributed by atoms with Gasteiger partial charge in [0.1, 0.15) is 6.61 Å². The molecule has 0 radical (unpaired) electrons. The number of terminal acetylenes is 1. The van der Waals surface area contributed by atoms with Crippen LogP contribution in [0.2, 0.25) is 0 Å². The Bertz CT molecular complexity index is 727. The Labute approximate surface area is 161 Å². The number of rotatable bonds is 11. The fraction of sp³-hybridized carbons (Fsp3) is 0.364. The molecule has 0 aliphatic rings. The third-order valence-electron chi connectivity index (χ3n) is 4.09. The van der Waals surface area contributed by atoms with Crippen molar-refractivity contribution in [3.8, 4) is 23.8 Å². The molecule has 0 heterocycles. The van der Waals surface area contributed by atoms with Crippen LogP contribution in [0.1, 0.15) is 11.1 Å². The summed E-state index contributed by atoms with van der Waals surface area (Å²) in [6.45, 7) is 2.12. The number of hydrogen-bond acceptors (Lipinski definition) is 5. The van der Waals surface area contributed by atoms with E-state index in [4.69, 9.17) is 20.6 Å². The SMILES string of the molecule is C#CCOC[C@H](O)CN(Cc1ccccc1)Cc1cccc(OC)c1OC. The van der Waals surface area contributed by atoms with Crippen LogP contribution in [0.4, 0.5) is 0 Å². The number of nitrogens with zero attached hydrogens (tertiary/aromatic N) is 1. The van der Waals surface area contributed by atoms with Crippen molar-refractivity contribution in [3.63, 3.8) is 0 Å². The topological polar surface area (TPSA) is 51.2 Å². The van der Waals surface area contributed by atoms with E-state index in [0.29, 0.717) is 31.1 Å². The Hall–Kier alpha value is -2.52. The van der Waals surface area contributed by atoms with Crippen molar-refractivity contribution in [2.45, 2.75) is 19.2 Å². The van der Waals surface area contributed by atoms with Crippen LogP contribution in [0.5, 0.6) is 11.5 Å². The quantitative estimate of drug-likeness (QED) is 0.488. The van der Waals surface area contributed by atoms with Gasteiger partial charge in [-0.15, -0.1) is 6.42 Å². The number of ether oxygens (including phenoxy) is 3. The van der Waals surface area contributed by atoms with Gasteiger partial charge in [-0.25, -0.2) is 0 Å². The summed E-state index contributed by atoms with van der Waals surface area (Å²) in [4.78, 5) is 2.15. The Morgan fingerprint density at radius 3 is 2.48 bits per heavy atom. The third-order valence-corrected chi connectivity index (χ3v) is 4.09. The molecule has 144 valence electrons. The Kier molecular flexibility index (Phi) is 8.66. The van der Waals surface area contributed by atoms with E-state index in [0.717, 1.165) is 11.1 Å². The summed E-state index contributed by atoms with van der Waals surface area (Å²) in [7, 11) is 3.25. The number of benzene rings is 2. The van der Waals surface area contributed by atoms with Crippen LogP contribution >= 0.6 is 0 Å². The summed E-state index contributed by atoms with van der Waals surface area (Å²) in [6.07, 6.45) is 4.55. The molecule has 0 unspecified atom stereocenters. The molecule has 0 amide bonds. The highest BCUT2D eigenvalue weighted by Crippen LogP contribution is 2.31. The van der Waals surface area contributed by atoms with E-state index < -0.39 is 6.10 Å². The minimum absolute atomic E-state index is 0.194. The van der Waals surface area contributed by atoms with Crippen LogP contribution in [0.25, 0.3) is 0 Å². The van der Waals surface area contributed by atoms with Gasteiger partial charge >= 0.3 is 0 Å². The smallest absolute Gasteiger partial charge is 0.165 e. The minimum atomic E-state index is -0.640. The van der Waals surface area contributed by atoms with E-state index in [1.165, 1.54) is 0 Å². The van der Waals surface area contributed by atoms with E-state index >= 15 is 0 Å². The summed E-state index contributed by atoms with van der Waals surface area (Å²) in [5.74, 6) is 3.80. The fourth-order valence-electron chi connectivity index (χ4n) is 2.95. The molecular weight excluding hydrogens is 342 g/mol. The van der Waals surface area contributed by atoms with Crippen molar-refractivity contribution in [1.29, 1.82) is 0 Å². The van der Waals surface area contributed by atoms with Crippen LogP contribution in [0.3, 0.4) is 0 Å². The fourth-order valence-corrected chi connectivity index (χ4v) is 2.95. The summed E-state index contributed by atoms with van der Waals surface area (Å²) in [6, 6.07) is 15.9. The Morgan fingerprint density at radius 1 is 1.04 bits per heavy atom. The zero-order chi connectivity index (χ0) is 19.5. The van der Waals surface area contributed by atoms with Gasteiger partial charge in [0.25, 0.3) is 0 Å². The second-order valence-electron chi connectivity index (χ2n) is 6.18. The summed E-state index contributed by atoms with van der Waals surface area (Å²) in [5.41, 5.74) is 2.15. The molecule has 1 N–H and O–H groups in total. The van der Waals surface area contributed by atoms with Gasteiger partial charge in [-0.2, -0.15) is 0 Å². The summed E-state index contributed by atoms with van der Waals surface area (Å²) < 4.78 is 16.2. The van der Waals surface area contributed by atoms with Gasteiger partial charge in [0.15, 0.2) is 11.5 Å². The highest BCUT2D eigenvalue weighted by Gasteiger charge is 2.17. The molecule has 0 bridgehead atoms. The molecule has 1 atom stereocenters. The van der Waals surface area contributed by atoms with Gasteiger partial charge in [0.2, 0.25) is 0 Å². The first-order valence-corrected chi connectivity index (χ1v) is 8.83. The van der Waals surface area contributed by atoms with E-state index in [-0.39, 0.29) is 13.2 Å². The van der Waals surface area contributed by atoms with Crippen molar-refractivity contribution in [2.75, 3.05) is 34.0 Å². The van der Waals surface area contributed by atoms with Crippen LogP contribution in [0.15, 0.2) is 48.5 Å². The number of hydrogen-bond donors (Lipinski definition) is 1. The lowest BCUT2D eigenvalue weighted by atomic mass is 10.1. The molecule has 2 aromatic carbocycles. The van der Waals surface area contributed by atoms with Crippen molar-refractivity contribution in [3.05, 3.63) is 59.7 Å². The van der Waals surface area contributed by atoms with Crippen molar-refractivity contribution in [2.24, 2.45) is 0 Å². The van der Waals surface area contributed by atoms with Gasteiger partial charge in [-0.3, -0.25) is 4.90 Å². The van der Waals surface area contributed by atoms with Crippen molar-refractivity contribution in [1.82, 2.24) is 4.90 Å². The number of para-hydroxylation sites is 1. The molecule has 0 aliphatic carbocycles. The molecule has 0 spiro atoms. The van der Waals surface area contributed by atoms with E-state index in [1.54, 1.807) is 14.2 Å². The van der Waals surface area contributed by atoms with Gasteiger partial charge < -0.3 is 19.3 Å². The molecule has 0 aliphatic heterocycles. The van der Waals surface area contributed by atoms with Crippen LogP contribution in [0, 0.1) is 12.3 Å². The molecule has 27 heavy (non-hydrogen) atoms. The average Bonchev–Trinajstić information content (AvgIpc) is 2.68. The highest BCUT2D eigenvalue weighted by atomic mass is 16.5. The first-order valence-electron chi connectivity index (χ1n) is 8.83.